The van der Waals surface area contributed by atoms with Crippen molar-refractivity contribution in [2.45, 2.75) is 6.54 Å². The molecule has 5 heteroatoms. The highest BCUT2D eigenvalue weighted by atomic mass is 35.5. The molecule has 1 saturated heterocycles. The summed E-state index contributed by atoms with van der Waals surface area (Å²) in [5.41, 5.74) is 7.65. The van der Waals surface area contributed by atoms with Crippen molar-refractivity contribution < 1.29 is 0 Å². The maximum absolute atomic E-state index is 6.03. The lowest BCUT2D eigenvalue weighted by Crippen LogP contribution is -2.46. The molecule has 0 atom stereocenters. The molecule has 0 saturated carbocycles. The maximum atomic E-state index is 6.03. The molecule has 2 heterocycles. The lowest BCUT2D eigenvalue weighted by atomic mass is 10.2. The minimum absolute atomic E-state index is 0.707. The average Bonchev–Trinajstić information content (AvgIpc) is 2.49. The summed E-state index contributed by atoms with van der Waals surface area (Å²) < 4.78 is 0. The standard InChI is InChI=1S/C16H19ClN4/c17-14-3-1-2-13(10-14)12-20-6-8-21(9-7-20)16-5-4-15(18)11-19-16/h1-5,10-11H,6-9,12,18H2. The number of anilines is 2. The molecule has 4 nitrogen and oxygen atoms in total. The summed E-state index contributed by atoms with van der Waals surface area (Å²) in [6, 6.07) is 12.0. The number of pyridine rings is 1. The summed E-state index contributed by atoms with van der Waals surface area (Å²) in [5, 5.41) is 0.803. The zero-order valence-electron chi connectivity index (χ0n) is 11.9. The number of hydrogen-bond donors (Lipinski definition) is 1. The van der Waals surface area contributed by atoms with Crippen molar-refractivity contribution in [2.75, 3.05) is 36.8 Å². The van der Waals surface area contributed by atoms with Crippen LogP contribution in [0.5, 0.6) is 0 Å². The van der Waals surface area contributed by atoms with E-state index in [1.807, 2.05) is 30.3 Å². The third-order valence-electron chi connectivity index (χ3n) is 3.76. The van der Waals surface area contributed by atoms with Crippen LogP contribution < -0.4 is 10.6 Å². The highest BCUT2D eigenvalue weighted by Gasteiger charge is 2.17. The number of aromatic nitrogens is 1. The quantitative estimate of drug-likeness (QED) is 0.947. The van der Waals surface area contributed by atoms with E-state index in [1.54, 1.807) is 6.20 Å². The van der Waals surface area contributed by atoms with Gasteiger partial charge in [0.05, 0.1) is 11.9 Å². The Morgan fingerprint density at radius 1 is 1.10 bits per heavy atom. The van der Waals surface area contributed by atoms with E-state index >= 15 is 0 Å². The fraction of sp³-hybridized carbons (Fsp3) is 0.312. The minimum Gasteiger partial charge on any atom is -0.397 e. The fourth-order valence-corrected chi connectivity index (χ4v) is 2.83. The van der Waals surface area contributed by atoms with E-state index in [0.717, 1.165) is 43.6 Å². The Balaban J connectivity index is 1.56. The Labute approximate surface area is 130 Å². The normalized spacial score (nSPS) is 16.1. The first-order valence-electron chi connectivity index (χ1n) is 7.14. The van der Waals surface area contributed by atoms with Gasteiger partial charge in [-0.3, -0.25) is 4.90 Å². The van der Waals surface area contributed by atoms with E-state index < -0.39 is 0 Å². The first-order chi connectivity index (χ1) is 10.2. The molecule has 1 fully saturated rings. The van der Waals surface area contributed by atoms with Gasteiger partial charge in [0.25, 0.3) is 0 Å². The van der Waals surface area contributed by atoms with Crippen LogP contribution in [-0.2, 0) is 6.54 Å². The van der Waals surface area contributed by atoms with Crippen LogP contribution in [0.3, 0.4) is 0 Å². The molecule has 110 valence electrons. The Morgan fingerprint density at radius 2 is 1.90 bits per heavy atom. The maximum Gasteiger partial charge on any atom is 0.128 e. The molecule has 2 N–H and O–H groups in total. The molecule has 0 spiro atoms. The second-order valence-electron chi connectivity index (χ2n) is 5.34. The van der Waals surface area contributed by atoms with Crippen molar-refractivity contribution in [3.05, 3.63) is 53.2 Å². The summed E-state index contributed by atoms with van der Waals surface area (Å²) in [6.07, 6.45) is 1.72. The SMILES string of the molecule is Nc1ccc(N2CCN(Cc3cccc(Cl)c3)CC2)nc1. The number of piperazine rings is 1. The van der Waals surface area contributed by atoms with Crippen LogP contribution in [0.15, 0.2) is 42.6 Å². The first kappa shape index (κ1) is 14.2. The van der Waals surface area contributed by atoms with Gasteiger partial charge in [0, 0.05) is 37.7 Å². The topological polar surface area (TPSA) is 45.4 Å². The third-order valence-corrected chi connectivity index (χ3v) is 4.00. The van der Waals surface area contributed by atoms with Gasteiger partial charge in [-0.1, -0.05) is 23.7 Å². The van der Waals surface area contributed by atoms with E-state index in [-0.39, 0.29) is 0 Å². The predicted molar refractivity (Wildman–Crippen MR) is 87.6 cm³/mol. The lowest BCUT2D eigenvalue weighted by molar-refractivity contribution is 0.249. The van der Waals surface area contributed by atoms with Crippen molar-refractivity contribution in [2.24, 2.45) is 0 Å². The average molecular weight is 303 g/mol. The molecule has 0 unspecified atom stereocenters. The number of rotatable bonds is 3. The van der Waals surface area contributed by atoms with Crippen LogP contribution in [0.4, 0.5) is 11.5 Å². The van der Waals surface area contributed by atoms with Gasteiger partial charge in [-0.2, -0.15) is 0 Å². The zero-order chi connectivity index (χ0) is 14.7. The summed E-state index contributed by atoms with van der Waals surface area (Å²) in [6.45, 7) is 4.97. The summed E-state index contributed by atoms with van der Waals surface area (Å²) in [4.78, 5) is 9.13. The van der Waals surface area contributed by atoms with Crippen molar-refractivity contribution in [3.63, 3.8) is 0 Å². The molecule has 21 heavy (non-hydrogen) atoms. The van der Waals surface area contributed by atoms with Crippen molar-refractivity contribution >= 4 is 23.1 Å². The second-order valence-corrected chi connectivity index (χ2v) is 5.78. The summed E-state index contributed by atoms with van der Waals surface area (Å²) in [7, 11) is 0. The van der Waals surface area contributed by atoms with Gasteiger partial charge in [0.15, 0.2) is 0 Å². The molecular formula is C16H19ClN4. The van der Waals surface area contributed by atoms with Gasteiger partial charge in [0.1, 0.15) is 5.82 Å². The van der Waals surface area contributed by atoms with Crippen LogP contribution in [0.1, 0.15) is 5.56 Å². The largest absolute Gasteiger partial charge is 0.397 e. The Bertz CT molecular complexity index is 591. The van der Waals surface area contributed by atoms with E-state index in [9.17, 15) is 0 Å². The highest BCUT2D eigenvalue weighted by molar-refractivity contribution is 6.30. The summed E-state index contributed by atoms with van der Waals surface area (Å²) >= 11 is 6.03. The second kappa shape index (κ2) is 6.33. The van der Waals surface area contributed by atoms with Crippen LogP contribution in [0.2, 0.25) is 5.02 Å². The summed E-state index contributed by atoms with van der Waals surface area (Å²) in [5.74, 6) is 1.01. The van der Waals surface area contributed by atoms with Crippen LogP contribution in [-0.4, -0.2) is 36.1 Å². The van der Waals surface area contributed by atoms with E-state index in [4.69, 9.17) is 17.3 Å². The smallest absolute Gasteiger partial charge is 0.128 e. The predicted octanol–water partition coefficient (Wildman–Crippen LogP) is 2.64. The molecule has 1 aliphatic rings. The van der Waals surface area contributed by atoms with Gasteiger partial charge in [-0.15, -0.1) is 0 Å². The molecule has 0 amide bonds. The van der Waals surface area contributed by atoms with Crippen molar-refractivity contribution in [1.82, 2.24) is 9.88 Å². The highest BCUT2D eigenvalue weighted by Crippen LogP contribution is 2.17. The lowest BCUT2D eigenvalue weighted by Gasteiger charge is -2.35. The number of hydrogen-bond acceptors (Lipinski definition) is 4. The Hall–Kier alpha value is -1.78. The van der Waals surface area contributed by atoms with Crippen molar-refractivity contribution in [3.8, 4) is 0 Å². The van der Waals surface area contributed by atoms with Gasteiger partial charge in [-0.25, -0.2) is 4.98 Å². The molecule has 0 bridgehead atoms. The number of halogens is 1. The van der Waals surface area contributed by atoms with E-state index in [2.05, 4.69) is 20.9 Å². The van der Waals surface area contributed by atoms with Gasteiger partial charge >= 0.3 is 0 Å². The minimum atomic E-state index is 0.707. The van der Waals surface area contributed by atoms with Gasteiger partial charge in [-0.05, 0) is 29.8 Å². The number of nitrogens with two attached hydrogens (primary N) is 1. The monoisotopic (exact) mass is 302 g/mol. The van der Waals surface area contributed by atoms with Gasteiger partial charge < -0.3 is 10.6 Å². The molecule has 3 rings (SSSR count). The van der Waals surface area contributed by atoms with E-state index in [1.165, 1.54) is 5.56 Å². The van der Waals surface area contributed by atoms with Crippen LogP contribution >= 0.6 is 11.6 Å². The Morgan fingerprint density at radius 3 is 2.57 bits per heavy atom. The van der Waals surface area contributed by atoms with Gasteiger partial charge in [0.2, 0.25) is 0 Å². The number of nitrogens with zero attached hydrogens (tertiary/aromatic N) is 3. The molecule has 0 aliphatic carbocycles. The van der Waals surface area contributed by atoms with Crippen LogP contribution in [0, 0.1) is 0 Å². The molecule has 1 aromatic carbocycles. The molecule has 2 aromatic rings. The third kappa shape index (κ3) is 3.65. The van der Waals surface area contributed by atoms with E-state index in [0.29, 0.717) is 5.69 Å². The molecule has 1 aliphatic heterocycles. The number of nitrogen functional groups attached to an aromatic ring is 1. The zero-order valence-corrected chi connectivity index (χ0v) is 12.6. The first-order valence-corrected chi connectivity index (χ1v) is 7.52. The number of benzene rings is 1. The molecular weight excluding hydrogens is 284 g/mol. The molecule has 1 aromatic heterocycles. The van der Waals surface area contributed by atoms with Crippen LogP contribution in [0.25, 0.3) is 0 Å². The Kier molecular flexibility index (Phi) is 4.27. The molecule has 0 radical (unpaired) electrons. The fourth-order valence-electron chi connectivity index (χ4n) is 2.61. The van der Waals surface area contributed by atoms with Crippen molar-refractivity contribution in [1.29, 1.82) is 0 Å².